The summed E-state index contributed by atoms with van der Waals surface area (Å²) in [7, 11) is 0. The van der Waals surface area contributed by atoms with Gasteiger partial charge in [-0.25, -0.2) is 0 Å². The minimum absolute atomic E-state index is 0.801. The summed E-state index contributed by atoms with van der Waals surface area (Å²) < 4.78 is 0. The Bertz CT molecular complexity index is 315. The smallest absolute Gasteiger partial charge is 0.0794 e. The summed E-state index contributed by atoms with van der Waals surface area (Å²) in [5, 5.41) is 3.40. The average Bonchev–Trinajstić information content (AvgIpc) is 2.77. The first-order valence-corrected chi connectivity index (χ1v) is 6.84. The fourth-order valence-corrected chi connectivity index (χ4v) is 3.13. The molecule has 0 aliphatic carbocycles. The van der Waals surface area contributed by atoms with E-state index in [1.807, 2.05) is 11.7 Å². The third-order valence-electron chi connectivity index (χ3n) is 3.47. The molecule has 16 heavy (non-hydrogen) atoms. The first kappa shape index (κ1) is 10.7. The second kappa shape index (κ2) is 4.79. The average molecular weight is 238 g/mol. The molecule has 1 aromatic heterocycles. The van der Waals surface area contributed by atoms with Gasteiger partial charge in [-0.1, -0.05) is 0 Å². The van der Waals surface area contributed by atoms with Crippen molar-refractivity contribution in [2.75, 3.05) is 39.3 Å². The van der Waals surface area contributed by atoms with Crippen molar-refractivity contribution in [1.82, 2.24) is 20.1 Å². The van der Waals surface area contributed by atoms with Crippen LogP contribution in [0.1, 0.15) is 4.88 Å². The van der Waals surface area contributed by atoms with E-state index in [0.29, 0.717) is 0 Å². The van der Waals surface area contributed by atoms with E-state index in [0.717, 1.165) is 25.7 Å². The lowest BCUT2D eigenvalue weighted by Gasteiger charge is -2.46. The monoisotopic (exact) mass is 238 g/mol. The molecule has 0 atom stereocenters. The van der Waals surface area contributed by atoms with Crippen LogP contribution in [0.15, 0.2) is 11.7 Å². The van der Waals surface area contributed by atoms with Crippen LogP contribution in [-0.4, -0.2) is 60.1 Å². The van der Waals surface area contributed by atoms with Gasteiger partial charge in [-0.3, -0.25) is 14.8 Å². The van der Waals surface area contributed by atoms with Crippen molar-refractivity contribution in [3.8, 4) is 0 Å². The van der Waals surface area contributed by atoms with Crippen LogP contribution in [0.2, 0.25) is 0 Å². The topological polar surface area (TPSA) is 31.4 Å². The summed E-state index contributed by atoms with van der Waals surface area (Å²) in [5.74, 6) is 0. The molecule has 0 radical (unpaired) electrons. The molecule has 0 amide bonds. The van der Waals surface area contributed by atoms with Crippen LogP contribution in [-0.2, 0) is 6.54 Å². The lowest BCUT2D eigenvalue weighted by molar-refractivity contribution is 0.0229. The molecule has 2 saturated heterocycles. The lowest BCUT2D eigenvalue weighted by atomic mass is 10.1. The highest BCUT2D eigenvalue weighted by Crippen LogP contribution is 2.19. The minimum Gasteiger partial charge on any atom is -0.314 e. The van der Waals surface area contributed by atoms with Gasteiger partial charge in [0.1, 0.15) is 0 Å². The quantitative estimate of drug-likeness (QED) is 0.817. The number of hydrogen-bond donors (Lipinski definition) is 1. The molecule has 0 bridgehead atoms. The van der Waals surface area contributed by atoms with Crippen LogP contribution in [0.4, 0.5) is 0 Å². The molecule has 1 aromatic rings. The predicted molar refractivity (Wildman–Crippen MR) is 65.6 cm³/mol. The molecule has 3 heterocycles. The normalized spacial score (nSPS) is 24.5. The highest BCUT2D eigenvalue weighted by atomic mass is 32.1. The number of rotatable bonds is 3. The number of aromatic nitrogens is 1. The van der Waals surface area contributed by atoms with Gasteiger partial charge in [-0.2, -0.15) is 0 Å². The van der Waals surface area contributed by atoms with Gasteiger partial charge in [0.25, 0.3) is 0 Å². The molecule has 4 nitrogen and oxygen atoms in total. The zero-order valence-corrected chi connectivity index (χ0v) is 10.2. The summed E-state index contributed by atoms with van der Waals surface area (Å²) >= 11 is 1.76. The number of nitrogens with zero attached hydrogens (tertiary/aromatic N) is 3. The number of nitrogens with one attached hydrogen (secondary N) is 1. The number of hydrogen-bond acceptors (Lipinski definition) is 5. The Morgan fingerprint density at radius 3 is 2.88 bits per heavy atom. The molecule has 2 fully saturated rings. The molecule has 0 saturated carbocycles. The Labute approximate surface area is 100 Å². The summed E-state index contributed by atoms with van der Waals surface area (Å²) in [4.78, 5) is 10.6. The maximum Gasteiger partial charge on any atom is 0.0794 e. The minimum atomic E-state index is 0.801. The molecule has 0 unspecified atom stereocenters. The third-order valence-corrected chi connectivity index (χ3v) is 4.23. The third kappa shape index (κ3) is 2.27. The highest BCUT2D eigenvalue weighted by Gasteiger charge is 2.32. The molecule has 2 aliphatic rings. The van der Waals surface area contributed by atoms with Crippen LogP contribution >= 0.6 is 11.3 Å². The van der Waals surface area contributed by atoms with Crippen molar-refractivity contribution in [3.63, 3.8) is 0 Å². The van der Waals surface area contributed by atoms with E-state index >= 15 is 0 Å². The van der Waals surface area contributed by atoms with Crippen LogP contribution in [0.3, 0.4) is 0 Å². The lowest BCUT2D eigenvalue weighted by Crippen LogP contribution is -2.62. The predicted octanol–water partition coefficient (Wildman–Crippen LogP) is 0.232. The van der Waals surface area contributed by atoms with Gasteiger partial charge >= 0.3 is 0 Å². The van der Waals surface area contributed by atoms with Gasteiger partial charge in [0.15, 0.2) is 0 Å². The van der Waals surface area contributed by atoms with Gasteiger partial charge in [-0.15, -0.1) is 11.3 Å². The number of thiazole rings is 1. The Morgan fingerprint density at radius 2 is 2.19 bits per heavy atom. The van der Waals surface area contributed by atoms with E-state index in [2.05, 4.69) is 20.1 Å². The van der Waals surface area contributed by atoms with E-state index < -0.39 is 0 Å². The van der Waals surface area contributed by atoms with Gasteiger partial charge in [-0.05, 0) is 0 Å². The maximum absolute atomic E-state index is 4.12. The molecule has 1 N–H and O–H groups in total. The van der Waals surface area contributed by atoms with E-state index in [-0.39, 0.29) is 0 Å². The summed E-state index contributed by atoms with van der Waals surface area (Å²) in [6, 6.07) is 0.801. The zero-order valence-electron chi connectivity index (χ0n) is 9.43. The molecular formula is C11H18N4S. The Kier molecular flexibility index (Phi) is 3.19. The highest BCUT2D eigenvalue weighted by molar-refractivity contribution is 7.09. The molecular weight excluding hydrogens is 220 g/mol. The molecule has 2 aliphatic heterocycles. The number of likely N-dealkylation sites (tertiary alicyclic amines) is 1. The van der Waals surface area contributed by atoms with Crippen molar-refractivity contribution in [2.24, 2.45) is 0 Å². The maximum atomic E-state index is 4.12. The molecule has 0 spiro atoms. The summed E-state index contributed by atoms with van der Waals surface area (Å²) in [6.07, 6.45) is 1.99. The SMILES string of the molecule is c1ncc(CN2CC(N3CCNCC3)C2)s1. The van der Waals surface area contributed by atoms with Crippen LogP contribution in [0, 0.1) is 0 Å². The summed E-state index contributed by atoms with van der Waals surface area (Å²) in [6.45, 7) is 8.32. The van der Waals surface area contributed by atoms with Gasteiger partial charge in [0.2, 0.25) is 0 Å². The molecule has 5 heteroatoms. The van der Waals surface area contributed by atoms with Crippen molar-refractivity contribution in [3.05, 3.63) is 16.6 Å². The van der Waals surface area contributed by atoms with E-state index in [1.165, 1.54) is 31.1 Å². The van der Waals surface area contributed by atoms with Crippen LogP contribution in [0.5, 0.6) is 0 Å². The van der Waals surface area contributed by atoms with Gasteiger partial charge in [0, 0.05) is 62.9 Å². The zero-order chi connectivity index (χ0) is 10.8. The van der Waals surface area contributed by atoms with Crippen LogP contribution < -0.4 is 5.32 Å². The van der Waals surface area contributed by atoms with E-state index in [9.17, 15) is 0 Å². The van der Waals surface area contributed by atoms with Gasteiger partial charge < -0.3 is 5.32 Å². The summed E-state index contributed by atoms with van der Waals surface area (Å²) in [5.41, 5.74) is 1.92. The van der Waals surface area contributed by atoms with Crippen LogP contribution in [0.25, 0.3) is 0 Å². The standard InChI is InChI=1S/C11H18N4S/c1-3-15(4-2-12-1)10-6-14(7-10)8-11-5-13-9-16-11/h5,9-10,12H,1-4,6-8H2. The van der Waals surface area contributed by atoms with Crippen molar-refractivity contribution < 1.29 is 0 Å². The Balaban J connectivity index is 1.44. The molecule has 3 rings (SSSR count). The largest absolute Gasteiger partial charge is 0.314 e. The van der Waals surface area contributed by atoms with E-state index in [4.69, 9.17) is 0 Å². The van der Waals surface area contributed by atoms with Crippen molar-refractivity contribution in [2.45, 2.75) is 12.6 Å². The first-order chi connectivity index (χ1) is 7.92. The Morgan fingerprint density at radius 1 is 1.38 bits per heavy atom. The second-order valence-electron chi connectivity index (χ2n) is 4.60. The molecule has 88 valence electrons. The molecule has 0 aromatic carbocycles. The first-order valence-electron chi connectivity index (χ1n) is 5.96. The van der Waals surface area contributed by atoms with Crippen molar-refractivity contribution >= 4 is 11.3 Å². The van der Waals surface area contributed by atoms with Crippen molar-refractivity contribution in [1.29, 1.82) is 0 Å². The fraction of sp³-hybridized carbons (Fsp3) is 0.727. The van der Waals surface area contributed by atoms with Gasteiger partial charge in [0.05, 0.1) is 5.51 Å². The Hall–Kier alpha value is -0.490. The second-order valence-corrected chi connectivity index (χ2v) is 5.57. The van der Waals surface area contributed by atoms with E-state index in [1.54, 1.807) is 11.3 Å². The number of piperazine rings is 1. The fourth-order valence-electron chi connectivity index (χ4n) is 2.49.